The van der Waals surface area contributed by atoms with Gasteiger partial charge in [-0.05, 0) is 24.3 Å². The van der Waals surface area contributed by atoms with Gasteiger partial charge in [-0.3, -0.25) is 4.79 Å². The second-order valence-corrected chi connectivity index (χ2v) is 5.62. The molecule has 0 bridgehead atoms. The summed E-state index contributed by atoms with van der Waals surface area (Å²) in [6.07, 6.45) is 1.35. The fourth-order valence-electron chi connectivity index (χ4n) is 2.34. The molecule has 0 spiro atoms. The van der Waals surface area contributed by atoms with Crippen molar-refractivity contribution in [1.82, 2.24) is 4.90 Å². The van der Waals surface area contributed by atoms with Crippen LogP contribution in [-0.4, -0.2) is 29.5 Å². The van der Waals surface area contributed by atoms with E-state index in [2.05, 4.69) is 13.8 Å². The van der Waals surface area contributed by atoms with E-state index < -0.39 is 6.09 Å². The Hall–Kier alpha value is -1.84. The zero-order valence-electron chi connectivity index (χ0n) is 12.0. The van der Waals surface area contributed by atoms with Crippen LogP contribution >= 0.6 is 0 Å². The lowest BCUT2D eigenvalue weighted by atomic mass is 10.0. The van der Waals surface area contributed by atoms with Crippen LogP contribution in [0, 0.1) is 5.92 Å². The van der Waals surface area contributed by atoms with Crippen molar-refractivity contribution in [3.05, 3.63) is 35.9 Å². The molecule has 2 rings (SSSR count). The number of hydrogen-bond donors (Lipinski definition) is 0. The summed E-state index contributed by atoms with van der Waals surface area (Å²) in [5.74, 6) is 0.326. The second-order valence-electron chi connectivity index (χ2n) is 5.62. The van der Waals surface area contributed by atoms with Crippen LogP contribution in [0.3, 0.4) is 0 Å². The second kappa shape index (κ2) is 6.55. The normalized spacial score (nSPS) is 18.4. The average molecular weight is 275 g/mol. The Kier molecular flexibility index (Phi) is 4.77. The number of nitrogens with zero attached hydrogens (tertiary/aromatic N) is 1. The van der Waals surface area contributed by atoms with Crippen molar-refractivity contribution in [1.29, 1.82) is 0 Å². The quantitative estimate of drug-likeness (QED) is 0.830. The van der Waals surface area contributed by atoms with Gasteiger partial charge in [0.15, 0.2) is 0 Å². The van der Waals surface area contributed by atoms with Gasteiger partial charge in [-0.15, -0.1) is 0 Å². The summed E-state index contributed by atoms with van der Waals surface area (Å²) < 4.78 is 5.04. The number of carbonyl (C=O) groups is 2. The molecule has 4 heteroatoms. The minimum atomic E-state index is -0.500. The summed E-state index contributed by atoms with van der Waals surface area (Å²) in [6, 6.07) is 9.69. The predicted molar refractivity (Wildman–Crippen MR) is 76.2 cm³/mol. The summed E-state index contributed by atoms with van der Waals surface area (Å²) in [5.41, 5.74) is 1.11. The lowest BCUT2D eigenvalue weighted by molar-refractivity contribution is -0.129. The van der Waals surface area contributed by atoms with E-state index in [1.165, 1.54) is 4.90 Å². The van der Waals surface area contributed by atoms with E-state index in [-0.39, 0.29) is 11.9 Å². The van der Waals surface area contributed by atoms with Crippen molar-refractivity contribution >= 4 is 12.0 Å². The van der Waals surface area contributed by atoms with Crippen molar-refractivity contribution in [2.75, 3.05) is 6.61 Å². The molecule has 0 radical (unpaired) electrons. The molecule has 108 valence electrons. The minimum Gasteiger partial charge on any atom is -0.447 e. The molecular formula is C16H21NO3. The van der Waals surface area contributed by atoms with E-state index >= 15 is 0 Å². The predicted octanol–water partition coefficient (Wildman–Crippen LogP) is 3.01. The lowest BCUT2D eigenvalue weighted by Gasteiger charge is -2.20. The molecule has 1 heterocycles. The fraction of sp³-hybridized carbons (Fsp3) is 0.500. The van der Waals surface area contributed by atoms with Crippen LogP contribution in [0.15, 0.2) is 30.3 Å². The summed E-state index contributed by atoms with van der Waals surface area (Å²) in [7, 11) is 0. The highest BCUT2D eigenvalue weighted by Gasteiger charge is 2.37. The van der Waals surface area contributed by atoms with E-state index in [4.69, 9.17) is 4.74 Å². The molecule has 0 saturated carbocycles. The number of hydrogen-bond acceptors (Lipinski definition) is 3. The SMILES string of the molecule is CC(C)CCC(=O)N1C(=O)OCC1Cc1ccccc1. The summed E-state index contributed by atoms with van der Waals surface area (Å²) in [6.45, 7) is 4.43. The standard InChI is InChI=1S/C16H21NO3/c1-12(2)8-9-15(18)17-14(11-20-16(17)19)10-13-6-4-3-5-7-13/h3-7,12,14H,8-11H2,1-2H3. The maximum absolute atomic E-state index is 12.2. The number of benzene rings is 1. The van der Waals surface area contributed by atoms with Crippen LogP contribution in [0.1, 0.15) is 32.3 Å². The third kappa shape index (κ3) is 3.59. The van der Waals surface area contributed by atoms with E-state index in [0.29, 0.717) is 25.4 Å². The van der Waals surface area contributed by atoms with Crippen LogP contribution in [0.25, 0.3) is 0 Å². The number of imide groups is 1. The monoisotopic (exact) mass is 275 g/mol. The molecule has 0 aromatic heterocycles. The maximum Gasteiger partial charge on any atom is 0.416 e. The van der Waals surface area contributed by atoms with Gasteiger partial charge in [0.25, 0.3) is 0 Å². The highest BCUT2D eigenvalue weighted by atomic mass is 16.6. The summed E-state index contributed by atoms with van der Waals surface area (Å²) >= 11 is 0. The Morgan fingerprint density at radius 3 is 2.70 bits per heavy atom. The number of cyclic esters (lactones) is 1. The maximum atomic E-state index is 12.2. The molecule has 1 fully saturated rings. The Balaban J connectivity index is 2.01. The largest absolute Gasteiger partial charge is 0.447 e. The molecule has 0 aliphatic carbocycles. The molecule has 1 aliphatic rings. The third-order valence-electron chi connectivity index (χ3n) is 3.48. The summed E-state index contributed by atoms with van der Waals surface area (Å²) in [4.78, 5) is 25.2. The molecule has 1 saturated heterocycles. The van der Waals surface area contributed by atoms with Crippen LogP contribution in [0.5, 0.6) is 0 Å². The van der Waals surface area contributed by atoms with Gasteiger partial charge in [0.1, 0.15) is 6.61 Å². The smallest absolute Gasteiger partial charge is 0.416 e. The lowest BCUT2D eigenvalue weighted by Crippen LogP contribution is -2.40. The fourth-order valence-corrected chi connectivity index (χ4v) is 2.34. The number of rotatable bonds is 5. The van der Waals surface area contributed by atoms with Gasteiger partial charge < -0.3 is 4.74 Å². The first-order valence-corrected chi connectivity index (χ1v) is 7.10. The van der Waals surface area contributed by atoms with Gasteiger partial charge in [0, 0.05) is 6.42 Å². The van der Waals surface area contributed by atoms with Crippen molar-refractivity contribution in [2.45, 2.75) is 39.2 Å². The Morgan fingerprint density at radius 2 is 2.05 bits per heavy atom. The molecule has 20 heavy (non-hydrogen) atoms. The number of carbonyl (C=O) groups excluding carboxylic acids is 2. The minimum absolute atomic E-state index is 0.123. The molecule has 2 amide bonds. The zero-order chi connectivity index (χ0) is 14.5. The van der Waals surface area contributed by atoms with E-state index in [9.17, 15) is 9.59 Å². The molecular weight excluding hydrogens is 254 g/mol. The van der Waals surface area contributed by atoms with Crippen LogP contribution in [-0.2, 0) is 16.0 Å². The van der Waals surface area contributed by atoms with Crippen LogP contribution in [0.4, 0.5) is 4.79 Å². The highest BCUT2D eigenvalue weighted by Crippen LogP contribution is 2.19. The van der Waals surface area contributed by atoms with Crippen molar-refractivity contribution < 1.29 is 14.3 Å². The Bertz CT molecular complexity index is 470. The van der Waals surface area contributed by atoms with Gasteiger partial charge >= 0.3 is 6.09 Å². The van der Waals surface area contributed by atoms with E-state index in [0.717, 1.165) is 12.0 Å². The van der Waals surface area contributed by atoms with Crippen LogP contribution < -0.4 is 0 Å². The molecule has 1 aliphatic heterocycles. The molecule has 1 unspecified atom stereocenters. The zero-order valence-corrected chi connectivity index (χ0v) is 12.0. The molecule has 1 aromatic carbocycles. The topological polar surface area (TPSA) is 46.6 Å². The highest BCUT2D eigenvalue weighted by molar-refractivity contribution is 5.93. The van der Waals surface area contributed by atoms with Gasteiger partial charge in [-0.25, -0.2) is 9.69 Å². The number of ether oxygens (including phenoxy) is 1. The van der Waals surface area contributed by atoms with Gasteiger partial charge in [-0.2, -0.15) is 0 Å². The van der Waals surface area contributed by atoms with E-state index in [1.54, 1.807) is 0 Å². The van der Waals surface area contributed by atoms with E-state index in [1.807, 2.05) is 30.3 Å². The Labute approximate surface area is 119 Å². The molecule has 1 aromatic rings. The first-order valence-electron chi connectivity index (χ1n) is 7.10. The van der Waals surface area contributed by atoms with Gasteiger partial charge in [0.05, 0.1) is 6.04 Å². The molecule has 4 nitrogen and oxygen atoms in total. The van der Waals surface area contributed by atoms with Crippen molar-refractivity contribution in [2.24, 2.45) is 5.92 Å². The Morgan fingerprint density at radius 1 is 1.35 bits per heavy atom. The summed E-state index contributed by atoms with van der Waals surface area (Å²) in [5, 5.41) is 0. The number of amides is 2. The molecule has 0 N–H and O–H groups in total. The first-order chi connectivity index (χ1) is 9.58. The van der Waals surface area contributed by atoms with Gasteiger partial charge in [-0.1, -0.05) is 44.2 Å². The van der Waals surface area contributed by atoms with Crippen molar-refractivity contribution in [3.63, 3.8) is 0 Å². The van der Waals surface area contributed by atoms with Crippen LogP contribution in [0.2, 0.25) is 0 Å². The average Bonchev–Trinajstić information content (AvgIpc) is 2.78. The molecule has 1 atom stereocenters. The third-order valence-corrected chi connectivity index (χ3v) is 3.48. The first kappa shape index (κ1) is 14.6. The van der Waals surface area contributed by atoms with Crippen molar-refractivity contribution in [3.8, 4) is 0 Å². The van der Waals surface area contributed by atoms with Gasteiger partial charge in [0.2, 0.25) is 5.91 Å².